The number of halogens is 3. The number of Topliss-reactive ketones (excluding diaryl/α,β-unsaturated/α-hetero) is 1. The second-order valence-electron chi connectivity index (χ2n) is 12.3. The predicted molar refractivity (Wildman–Crippen MR) is 169 cm³/mol. The van der Waals surface area contributed by atoms with Crippen molar-refractivity contribution in [2.75, 3.05) is 13.1 Å². The van der Waals surface area contributed by atoms with Crippen molar-refractivity contribution < 1.29 is 27.2 Å². The minimum absolute atomic E-state index is 0.0264. The number of hydrogen-bond donors (Lipinski definition) is 0. The van der Waals surface area contributed by atoms with Crippen LogP contribution in [-0.4, -0.2) is 34.2 Å². The predicted octanol–water partition coefficient (Wildman–Crippen LogP) is 6.29. The Hall–Kier alpha value is -4.18. The van der Waals surface area contributed by atoms with Crippen molar-refractivity contribution in [3.05, 3.63) is 113 Å². The molecule has 1 fully saturated rings. The molecule has 2 aromatic carbocycles. The molecule has 0 bridgehead atoms. The van der Waals surface area contributed by atoms with Crippen LogP contribution in [0, 0.1) is 6.92 Å². The molecule has 45 heavy (non-hydrogen) atoms. The number of alkyl halides is 3. The fourth-order valence-electron chi connectivity index (χ4n) is 5.42. The van der Waals surface area contributed by atoms with E-state index >= 15 is 0 Å². The second-order valence-corrected chi connectivity index (χ2v) is 13.4. The number of ketones is 1. The number of thiazole rings is 1. The number of piperidine rings is 1. The number of aryl methyl sites for hydroxylation is 1. The third kappa shape index (κ3) is 7.06. The lowest BCUT2D eigenvalue weighted by Gasteiger charge is -2.27. The smallest absolute Gasteiger partial charge is 0.419 e. The summed E-state index contributed by atoms with van der Waals surface area (Å²) in [6, 6.07) is 14.1. The summed E-state index contributed by atoms with van der Waals surface area (Å²) in [6.45, 7) is 8.45. The van der Waals surface area contributed by atoms with Gasteiger partial charge in [-0.05, 0) is 54.9 Å². The number of hydrogen-bond acceptors (Lipinski definition) is 5. The van der Waals surface area contributed by atoms with Crippen molar-refractivity contribution in [1.29, 1.82) is 0 Å². The topological polar surface area (TPSA) is 72.5 Å². The summed E-state index contributed by atoms with van der Waals surface area (Å²) in [7, 11) is 0. The Balaban J connectivity index is 1.64. The van der Waals surface area contributed by atoms with E-state index in [0.29, 0.717) is 36.0 Å². The van der Waals surface area contributed by atoms with Gasteiger partial charge in [0.15, 0.2) is 5.78 Å². The monoisotopic (exact) mass is 636 g/mol. The van der Waals surface area contributed by atoms with Gasteiger partial charge in [0, 0.05) is 35.9 Å². The summed E-state index contributed by atoms with van der Waals surface area (Å²) >= 11 is 0.990. The van der Waals surface area contributed by atoms with Crippen LogP contribution in [0.1, 0.15) is 88.8 Å². The fourth-order valence-corrected chi connectivity index (χ4v) is 6.45. The highest BCUT2D eigenvalue weighted by atomic mass is 32.1. The number of benzene rings is 2. The van der Waals surface area contributed by atoms with Crippen LogP contribution in [0.2, 0.25) is 0 Å². The van der Waals surface area contributed by atoms with Crippen LogP contribution in [-0.2, 0) is 18.1 Å². The molecule has 2 aromatic heterocycles. The molecule has 0 radical (unpaired) electrons. The molecule has 1 aliphatic rings. The zero-order valence-electron chi connectivity index (χ0n) is 25.7. The minimum Gasteiger partial charge on any atom is -0.469 e. The second kappa shape index (κ2) is 12.7. The number of likely N-dealkylation sites (tertiary alicyclic amines) is 1. The first kappa shape index (κ1) is 32.2. The molecule has 1 amide bonds. The molecule has 3 heterocycles. The largest absolute Gasteiger partial charge is 0.469 e. The van der Waals surface area contributed by atoms with Crippen molar-refractivity contribution in [3.63, 3.8) is 0 Å². The Morgan fingerprint density at radius 3 is 2.29 bits per heavy atom. The highest BCUT2D eigenvalue weighted by molar-refractivity contribution is 7.07. The zero-order chi connectivity index (χ0) is 32.5. The van der Waals surface area contributed by atoms with Gasteiger partial charge in [0.2, 0.25) is 0 Å². The van der Waals surface area contributed by atoms with Gasteiger partial charge in [-0.25, -0.2) is 0 Å². The lowest BCUT2D eigenvalue weighted by atomic mass is 9.86. The van der Waals surface area contributed by atoms with Crippen LogP contribution >= 0.6 is 11.3 Å². The molecule has 1 aliphatic heterocycles. The maximum atomic E-state index is 13.9. The quantitative estimate of drug-likeness (QED) is 0.233. The van der Waals surface area contributed by atoms with E-state index < -0.39 is 29.6 Å². The first-order valence-corrected chi connectivity index (χ1v) is 15.7. The van der Waals surface area contributed by atoms with Crippen LogP contribution in [0.4, 0.5) is 13.2 Å². The SMILES string of the molecule is Cc1occ(C(F)(F)F)c1Cn1c(=O)/c(=C/c2ccccc2C(=O)N2CCCCC2)s/c1=C\C(=O)c1ccc(C(C)(C)C)cc1. The third-order valence-corrected chi connectivity index (χ3v) is 9.13. The molecule has 0 atom stereocenters. The van der Waals surface area contributed by atoms with E-state index in [-0.39, 0.29) is 31.8 Å². The molecular formula is C35H35F3N2O4S. The molecular weight excluding hydrogens is 601 g/mol. The van der Waals surface area contributed by atoms with E-state index in [2.05, 4.69) is 20.8 Å². The maximum absolute atomic E-state index is 13.9. The molecule has 236 valence electrons. The lowest BCUT2D eigenvalue weighted by molar-refractivity contribution is -0.138. The molecule has 0 spiro atoms. The minimum atomic E-state index is -4.69. The number of rotatable bonds is 6. The van der Waals surface area contributed by atoms with Gasteiger partial charge < -0.3 is 9.32 Å². The van der Waals surface area contributed by atoms with Crippen LogP contribution in [0.15, 0.2) is 64.0 Å². The number of carbonyl (C=O) groups is 2. The van der Waals surface area contributed by atoms with Crippen LogP contribution < -0.4 is 14.8 Å². The Kier molecular flexibility index (Phi) is 9.07. The first-order chi connectivity index (χ1) is 21.2. The molecule has 0 saturated carbocycles. The van der Waals surface area contributed by atoms with Crippen molar-refractivity contribution in [3.8, 4) is 0 Å². The Labute approximate surface area is 263 Å². The third-order valence-electron chi connectivity index (χ3n) is 8.07. The molecule has 5 rings (SSSR count). The summed E-state index contributed by atoms with van der Waals surface area (Å²) in [5.74, 6) is -0.501. The van der Waals surface area contributed by atoms with Crippen molar-refractivity contribution in [2.45, 2.75) is 65.1 Å². The van der Waals surface area contributed by atoms with E-state index in [4.69, 9.17) is 4.42 Å². The average Bonchev–Trinajstić information content (AvgIpc) is 3.52. The van der Waals surface area contributed by atoms with E-state index in [9.17, 15) is 27.6 Å². The molecule has 4 aromatic rings. The number of amides is 1. The maximum Gasteiger partial charge on any atom is 0.419 e. The lowest BCUT2D eigenvalue weighted by Crippen LogP contribution is -2.36. The standard InChI is InChI=1S/C35H35F3N2O4S/c1-22-27(28(21-44-22)35(36,37)38)20-40-31(19-29(41)23-12-14-25(15-13-23)34(2,3)4)45-30(33(40)43)18-24-10-6-7-11-26(24)32(42)39-16-8-5-9-17-39/h6-7,10-15,18-19,21H,5,8-9,16-17,20H2,1-4H3/b30-18-,31-19-. The van der Waals surface area contributed by atoms with Gasteiger partial charge in [0.1, 0.15) is 16.7 Å². The average molecular weight is 637 g/mol. The summed E-state index contributed by atoms with van der Waals surface area (Å²) < 4.78 is 48.1. The van der Waals surface area contributed by atoms with Gasteiger partial charge in [-0.3, -0.25) is 19.0 Å². The summed E-state index contributed by atoms with van der Waals surface area (Å²) in [5, 5.41) is 0. The van der Waals surface area contributed by atoms with E-state index in [1.165, 1.54) is 17.6 Å². The number of aromatic nitrogens is 1. The van der Waals surface area contributed by atoms with Gasteiger partial charge in [0.25, 0.3) is 11.5 Å². The first-order valence-electron chi connectivity index (χ1n) is 14.8. The normalized spacial score (nSPS) is 15.1. The summed E-state index contributed by atoms with van der Waals surface area (Å²) in [5.41, 5.74) is 0.521. The summed E-state index contributed by atoms with van der Waals surface area (Å²) in [4.78, 5) is 42.4. The van der Waals surface area contributed by atoms with Gasteiger partial charge in [-0.1, -0.05) is 63.2 Å². The fraction of sp³-hybridized carbons (Fsp3) is 0.343. The van der Waals surface area contributed by atoms with E-state index in [0.717, 1.165) is 36.2 Å². The molecule has 0 N–H and O–H groups in total. The van der Waals surface area contributed by atoms with Crippen LogP contribution in [0.3, 0.4) is 0 Å². The number of carbonyl (C=O) groups excluding carboxylic acids is 2. The van der Waals surface area contributed by atoms with Crippen molar-refractivity contribution in [1.82, 2.24) is 9.47 Å². The van der Waals surface area contributed by atoms with E-state index in [1.807, 2.05) is 12.1 Å². The number of nitrogens with zero attached hydrogens (tertiary/aromatic N) is 2. The Bertz CT molecular complexity index is 1900. The van der Waals surface area contributed by atoms with Gasteiger partial charge in [-0.2, -0.15) is 13.2 Å². The van der Waals surface area contributed by atoms with E-state index in [1.54, 1.807) is 47.4 Å². The highest BCUT2D eigenvalue weighted by Crippen LogP contribution is 2.34. The Morgan fingerprint density at radius 2 is 1.64 bits per heavy atom. The molecule has 10 heteroatoms. The molecule has 1 saturated heterocycles. The Morgan fingerprint density at radius 1 is 0.978 bits per heavy atom. The molecule has 0 aliphatic carbocycles. The molecule has 0 unspecified atom stereocenters. The van der Waals surface area contributed by atoms with Gasteiger partial charge >= 0.3 is 6.18 Å². The number of furan rings is 1. The van der Waals surface area contributed by atoms with Crippen LogP contribution in [0.5, 0.6) is 0 Å². The molecule has 6 nitrogen and oxygen atoms in total. The van der Waals surface area contributed by atoms with Crippen molar-refractivity contribution in [2.24, 2.45) is 0 Å². The summed E-state index contributed by atoms with van der Waals surface area (Å²) in [6.07, 6.45) is 1.72. The van der Waals surface area contributed by atoms with Crippen LogP contribution in [0.25, 0.3) is 12.2 Å². The van der Waals surface area contributed by atoms with Gasteiger partial charge in [0.05, 0.1) is 16.6 Å². The van der Waals surface area contributed by atoms with Gasteiger partial charge in [-0.15, -0.1) is 11.3 Å². The zero-order valence-corrected chi connectivity index (χ0v) is 26.5. The van der Waals surface area contributed by atoms with Crippen molar-refractivity contribution >= 4 is 35.2 Å². The highest BCUT2D eigenvalue weighted by Gasteiger charge is 2.36.